The first-order chi connectivity index (χ1) is 15.5. The van der Waals surface area contributed by atoms with Gasteiger partial charge in [0.25, 0.3) is 0 Å². The second-order valence-electron chi connectivity index (χ2n) is 8.55. The van der Waals surface area contributed by atoms with E-state index in [2.05, 4.69) is 11.0 Å². The maximum atomic E-state index is 14.0. The van der Waals surface area contributed by atoms with Gasteiger partial charge in [0.15, 0.2) is 0 Å². The fourth-order valence-electron chi connectivity index (χ4n) is 4.52. The fourth-order valence-corrected chi connectivity index (χ4v) is 4.52. The number of methoxy groups -OCH3 is 1. The number of piperidine rings is 1. The molecule has 2 heterocycles. The number of halogens is 1. The van der Waals surface area contributed by atoms with E-state index in [0.29, 0.717) is 38.0 Å². The topological polar surface area (TPSA) is 53.1 Å². The first-order valence-corrected chi connectivity index (χ1v) is 11.2. The Morgan fingerprint density at radius 1 is 1.06 bits per heavy atom. The number of rotatable bonds is 6. The minimum Gasteiger partial charge on any atom is -0.497 e. The molecule has 2 aliphatic rings. The van der Waals surface area contributed by atoms with Gasteiger partial charge in [-0.05, 0) is 30.2 Å². The maximum Gasteiger partial charge on any atom is 0.227 e. The van der Waals surface area contributed by atoms with Crippen LogP contribution in [0.15, 0.2) is 48.5 Å². The van der Waals surface area contributed by atoms with Crippen LogP contribution in [0.5, 0.6) is 5.75 Å². The molecule has 2 amide bonds. The molecule has 32 heavy (non-hydrogen) atoms. The summed E-state index contributed by atoms with van der Waals surface area (Å²) in [5.74, 6) is 0.408. The molecular weight excluding hydrogens is 409 g/mol. The number of carbonyl (C=O) groups excluding carboxylic acids is 2. The molecule has 7 heteroatoms. The van der Waals surface area contributed by atoms with Crippen molar-refractivity contribution < 1.29 is 18.7 Å². The zero-order chi connectivity index (χ0) is 22.5. The van der Waals surface area contributed by atoms with Crippen LogP contribution in [0.4, 0.5) is 4.39 Å². The zero-order valence-electron chi connectivity index (χ0n) is 18.5. The number of nitrogens with zero attached hydrogens (tertiary/aromatic N) is 3. The molecule has 2 aliphatic heterocycles. The lowest BCUT2D eigenvalue weighted by Gasteiger charge is -2.39. The number of likely N-dealkylation sites (tertiary alicyclic amines) is 1. The van der Waals surface area contributed by atoms with Crippen molar-refractivity contribution in [2.75, 3.05) is 39.8 Å². The van der Waals surface area contributed by atoms with E-state index in [0.717, 1.165) is 25.4 Å². The summed E-state index contributed by atoms with van der Waals surface area (Å²) < 4.78 is 19.3. The second-order valence-corrected chi connectivity index (χ2v) is 8.55. The third kappa shape index (κ3) is 5.27. The highest BCUT2D eigenvalue weighted by Crippen LogP contribution is 2.23. The molecule has 0 N–H and O–H groups in total. The highest BCUT2D eigenvalue weighted by Gasteiger charge is 2.34. The summed E-state index contributed by atoms with van der Waals surface area (Å²) in [6.45, 7) is 4.38. The smallest absolute Gasteiger partial charge is 0.227 e. The van der Waals surface area contributed by atoms with Gasteiger partial charge in [0.05, 0.1) is 13.0 Å². The van der Waals surface area contributed by atoms with Gasteiger partial charge in [-0.2, -0.15) is 0 Å². The summed E-state index contributed by atoms with van der Waals surface area (Å²) in [6, 6.07) is 14.5. The number of ether oxygens (including phenoxy) is 1. The van der Waals surface area contributed by atoms with Gasteiger partial charge < -0.3 is 14.5 Å². The molecule has 0 spiro atoms. The van der Waals surface area contributed by atoms with Crippen LogP contribution in [0, 0.1) is 11.7 Å². The largest absolute Gasteiger partial charge is 0.497 e. The number of carbonyl (C=O) groups is 2. The number of hydrogen-bond donors (Lipinski definition) is 0. The quantitative estimate of drug-likeness (QED) is 0.695. The first kappa shape index (κ1) is 22.3. The molecule has 1 atom stereocenters. The molecule has 2 saturated heterocycles. The van der Waals surface area contributed by atoms with Crippen LogP contribution >= 0.6 is 0 Å². The lowest BCUT2D eigenvalue weighted by atomic mass is 9.95. The highest BCUT2D eigenvalue weighted by atomic mass is 19.1. The minimum absolute atomic E-state index is 0.0135. The SMILES string of the molecule is COc1cccc(CN2CCN(C(=O)C3CCC(=O)N(Cc4ccccc4F)C3)CC2)c1. The first-order valence-electron chi connectivity index (χ1n) is 11.2. The van der Waals surface area contributed by atoms with Gasteiger partial charge in [-0.25, -0.2) is 4.39 Å². The van der Waals surface area contributed by atoms with E-state index < -0.39 is 0 Å². The average Bonchev–Trinajstić information content (AvgIpc) is 2.82. The lowest BCUT2D eigenvalue weighted by molar-refractivity contribution is -0.144. The predicted molar refractivity (Wildman–Crippen MR) is 119 cm³/mol. The molecule has 2 aromatic rings. The van der Waals surface area contributed by atoms with E-state index in [1.807, 2.05) is 23.1 Å². The lowest BCUT2D eigenvalue weighted by Crippen LogP contribution is -2.52. The van der Waals surface area contributed by atoms with Crippen LogP contribution in [0.2, 0.25) is 0 Å². The Morgan fingerprint density at radius 3 is 2.59 bits per heavy atom. The van der Waals surface area contributed by atoms with E-state index in [-0.39, 0.29) is 30.1 Å². The predicted octanol–water partition coefficient (Wildman–Crippen LogP) is 2.92. The number of piperazine rings is 1. The zero-order valence-corrected chi connectivity index (χ0v) is 18.5. The van der Waals surface area contributed by atoms with Gasteiger partial charge in [-0.1, -0.05) is 30.3 Å². The molecular formula is C25H30FN3O3. The van der Waals surface area contributed by atoms with Crippen LogP contribution in [0.3, 0.4) is 0 Å². The van der Waals surface area contributed by atoms with Crippen LogP contribution in [-0.2, 0) is 22.7 Å². The summed E-state index contributed by atoms with van der Waals surface area (Å²) in [4.78, 5) is 31.4. The number of benzene rings is 2. The second kappa shape index (κ2) is 10.1. The van der Waals surface area contributed by atoms with Crippen LogP contribution in [0.25, 0.3) is 0 Å². The Balaban J connectivity index is 1.30. The van der Waals surface area contributed by atoms with Crippen molar-refractivity contribution in [2.24, 2.45) is 5.92 Å². The van der Waals surface area contributed by atoms with Crippen molar-refractivity contribution in [3.63, 3.8) is 0 Å². The van der Waals surface area contributed by atoms with Crippen molar-refractivity contribution in [1.82, 2.24) is 14.7 Å². The maximum absolute atomic E-state index is 14.0. The summed E-state index contributed by atoms with van der Waals surface area (Å²) in [6.07, 6.45) is 0.899. The van der Waals surface area contributed by atoms with E-state index in [1.165, 1.54) is 11.6 Å². The van der Waals surface area contributed by atoms with Crippen molar-refractivity contribution in [1.29, 1.82) is 0 Å². The molecule has 2 fully saturated rings. The summed E-state index contributed by atoms with van der Waals surface area (Å²) in [5, 5.41) is 0. The molecule has 0 bridgehead atoms. The molecule has 0 radical (unpaired) electrons. The van der Waals surface area contributed by atoms with E-state index in [1.54, 1.807) is 30.2 Å². The van der Waals surface area contributed by atoms with Crippen molar-refractivity contribution in [3.8, 4) is 5.75 Å². The van der Waals surface area contributed by atoms with Crippen LogP contribution < -0.4 is 4.74 Å². The third-order valence-corrected chi connectivity index (χ3v) is 6.39. The van der Waals surface area contributed by atoms with Gasteiger partial charge in [-0.15, -0.1) is 0 Å². The highest BCUT2D eigenvalue weighted by molar-refractivity contribution is 5.84. The van der Waals surface area contributed by atoms with E-state index >= 15 is 0 Å². The molecule has 0 saturated carbocycles. The minimum atomic E-state index is -0.319. The molecule has 0 aliphatic carbocycles. The summed E-state index contributed by atoms with van der Waals surface area (Å²) in [5.41, 5.74) is 1.68. The normalized spacial score (nSPS) is 19.8. The molecule has 6 nitrogen and oxygen atoms in total. The summed E-state index contributed by atoms with van der Waals surface area (Å²) in [7, 11) is 1.67. The molecule has 2 aromatic carbocycles. The molecule has 4 rings (SSSR count). The Labute approximate surface area is 188 Å². The third-order valence-electron chi connectivity index (χ3n) is 6.39. The Morgan fingerprint density at radius 2 is 1.84 bits per heavy atom. The van der Waals surface area contributed by atoms with Gasteiger partial charge in [-0.3, -0.25) is 14.5 Å². The molecule has 1 unspecified atom stereocenters. The van der Waals surface area contributed by atoms with Crippen molar-refractivity contribution >= 4 is 11.8 Å². The summed E-state index contributed by atoms with van der Waals surface area (Å²) >= 11 is 0. The molecule has 0 aromatic heterocycles. The monoisotopic (exact) mass is 439 g/mol. The van der Waals surface area contributed by atoms with Gasteiger partial charge >= 0.3 is 0 Å². The van der Waals surface area contributed by atoms with Crippen molar-refractivity contribution in [3.05, 3.63) is 65.5 Å². The van der Waals surface area contributed by atoms with E-state index in [4.69, 9.17) is 4.74 Å². The standard InChI is InChI=1S/C25H30FN3O3/c1-32-22-7-4-5-19(15-22)16-27-11-13-28(14-12-27)25(31)21-9-10-24(30)29(18-21)17-20-6-2-3-8-23(20)26/h2-8,15,21H,9-14,16-18H2,1H3. The van der Waals surface area contributed by atoms with Crippen LogP contribution in [-0.4, -0.2) is 66.3 Å². The van der Waals surface area contributed by atoms with Gasteiger partial charge in [0.2, 0.25) is 11.8 Å². The molecule has 170 valence electrons. The number of amides is 2. The Kier molecular flexibility index (Phi) is 7.05. The van der Waals surface area contributed by atoms with Crippen LogP contribution in [0.1, 0.15) is 24.0 Å². The van der Waals surface area contributed by atoms with Gasteiger partial charge in [0, 0.05) is 57.8 Å². The average molecular weight is 440 g/mol. The number of hydrogen-bond acceptors (Lipinski definition) is 4. The Bertz CT molecular complexity index is 959. The van der Waals surface area contributed by atoms with Crippen molar-refractivity contribution in [2.45, 2.75) is 25.9 Å². The Hall–Kier alpha value is -2.93. The fraction of sp³-hybridized carbons (Fsp3) is 0.440. The van der Waals surface area contributed by atoms with E-state index in [9.17, 15) is 14.0 Å². The van der Waals surface area contributed by atoms with Gasteiger partial charge in [0.1, 0.15) is 11.6 Å².